The predicted octanol–water partition coefficient (Wildman–Crippen LogP) is 2.68. The van der Waals surface area contributed by atoms with Crippen LogP contribution in [0.2, 0.25) is 0 Å². The van der Waals surface area contributed by atoms with Gasteiger partial charge in [0.25, 0.3) is 0 Å². The Morgan fingerprint density at radius 2 is 1.79 bits per heavy atom. The Bertz CT molecular complexity index is 366. The quantitative estimate of drug-likeness (QED) is 0.667. The van der Waals surface area contributed by atoms with Crippen LogP contribution in [0.1, 0.15) is 0 Å². The maximum absolute atomic E-state index is 13.4. The summed E-state index contributed by atoms with van der Waals surface area (Å²) in [6, 6.07) is 4.90. The number of hydrogen-bond acceptors (Lipinski definition) is 4. The summed E-state index contributed by atoms with van der Waals surface area (Å²) >= 11 is 3.21. The first-order valence-electron chi connectivity index (χ1n) is 6.07. The van der Waals surface area contributed by atoms with Crippen molar-refractivity contribution in [2.24, 2.45) is 0 Å². The molecule has 0 radical (unpaired) electrons. The van der Waals surface area contributed by atoms with Gasteiger partial charge in [-0.05, 0) is 18.2 Å². The highest BCUT2D eigenvalue weighted by molar-refractivity contribution is 9.10. The van der Waals surface area contributed by atoms with Crippen LogP contribution >= 0.6 is 15.9 Å². The molecule has 0 saturated carbocycles. The molecule has 1 aromatic rings. The van der Waals surface area contributed by atoms with E-state index in [0.29, 0.717) is 45.3 Å². The van der Waals surface area contributed by atoms with Crippen LogP contribution in [0.4, 0.5) is 10.1 Å². The normalized spacial score (nSPS) is 10.7. The van der Waals surface area contributed by atoms with E-state index in [0.717, 1.165) is 4.47 Å². The highest BCUT2D eigenvalue weighted by Gasteiger charge is 2.01. The van der Waals surface area contributed by atoms with Crippen molar-refractivity contribution in [3.8, 4) is 0 Å². The van der Waals surface area contributed by atoms with Crippen molar-refractivity contribution >= 4 is 21.6 Å². The van der Waals surface area contributed by atoms with E-state index >= 15 is 0 Å². The number of ether oxygens (including phenoxy) is 3. The van der Waals surface area contributed by atoms with Gasteiger partial charge >= 0.3 is 0 Å². The van der Waals surface area contributed by atoms with Gasteiger partial charge in [-0.15, -0.1) is 0 Å². The molecule has 0 bridgehead atoms. The van der Waals surface area contributed by atoms with Crippen LogP contribution in [0.5, 0.6) is 0 Å². The fourth-order valence-electron chi connectivity index (χ4n) is 1.35. The molecule has 0 aromatic heterocycles. The van der Waals surface area contributed by atoms with Gasteiger partial charge < -0.3 is 19.5 Å². The standard InChI is InChI=1S/C13H19BrFNO3/c1-17-6-7-19-9-8-18-5-4-16-13-3-2-11(14)10-12(13)15/h2-3,10,16H,4-9H2,1H3. The van der Waals surface area contributed by atoms with E-state index in [9.17, 15) is 4.39 Å². The minimum Gasteiger partial charge on any atom is -0.382 e. The lowest BCUT2D eigenvalue weighted by Crippen LogP contribution is -2.14. The van der Waals surface area contributed by atoms with Crippen LogP contribution in [-0.2, 0) is 14.2 Å². The summed E-state index contributed by atoms with van der Waals surface area (Å²) < 4.78 is 29.6. The van der Waals surface area contributed by atoms with E-state index in [1.807, 2.05) is 0 Å². The van der Waals surface area contributed by atoms with Gasteiger partial charge in [-0.3, -0.25) is 0 Å². The van der Waals surface area contributed by atoms with E-state index in [2.05, 4.69) is 21.2 Å². The Labute approximate surface area is 121 Å². The topological polar surface area (TPSA) is 39.7 Å². The van der Waals surface area contributed by atoms with Crippen LogP contribution in [-0.4, -0.2) is 46.7 Å². The Hall–Kier alpha value is -0.690. The molecule has 108 valence electrons. The van der Waals surface area contributed by atoms with Crippen molar-refractivity contribution in [2.45, 2.75) is 0 Å². The highest BCUT2D eigenvalue weighted by Crippen LogP contribution is 2.18. The second kappa shape index (κ2) is 10.1. The Morgan fingerprint density at radius 1 is 1.11 bits per heavy atom. The summed E-state index contributed by atoms with van der Waals surface area (Å²) in [7, 11) is 1.63. The van der Waals surface area contributed by atoms with Crippen molar-refractivity contribution in [3.05, 3.63) is 28.5 Å². The number of anilines is 1. The van der Waals surface area contributed by atoms with Crippen molar-refractivity contribution in [1.82, 2.24) is 0 Å². The molecule has 0 aliphatic heterocycles. The molecule has 1 aromatic carbocycles. The summed E-state index contributed by atoms with van der Waals surface area (Å²) in [4.78, 5) is 0. The number of halogens is 2. The van der Waals surface area contributed by atoms with Crippen molar-refractivity contribution < 1.29 is 18.6 Å². The summed E-state index contributed by atoms with van der Waals surface area (Å²) in [5, 5.41) is 2.97. The van der Waals surface area contributed by atoms with E-state index in [1.54, 1.807) is 19.2 Å². The van der Waals surface area contributed by atoms with E-state index in [4.69, 9.17) is 14.2 Å². The molecule has 4 nitrogen and oxygen atoms in total. The molecule has 6 heteroatoms. The van der Waals surface area contributed by atoms with Gasteiger partial charge in [0, 0.05) is 18.1 Å². The first-order chi connectivity index (χ1) is 9.24. The van der Waals surface area contributed by atoms with Gasteiger partial charge in [-0.1, -0.05) is 15.9 Å². The summed E-state index contributed by atoms with van der Waals surface area (Å²) in [5.74, 6) is -0.280. The molecule has 0 aliphatic carbocycles. The Balaban J connectivity index is 2.01. The van der Waals surface area contributed by atoms with Crippen LogP contribution in [0, 0.1) is 5.82 Å². The molecule has 0 saturated heterocycles. The van der Waals surface area contributed by atoms with Gasteiger partial charge in [0.2, 0.25) is 0 Å². The minimum atomic E-state index is -0.280. The average Bonchev–Trinajstić information content (AvgIpc) is 2.39. The van der Waals surface area contributed by atoms with Crippen molar-refractivity contribution in [1.29, 1.82) is 0 Å². The zero-order valence-corrected chi connectivity index (χ0v) is 12.5. The number of methoxy groups -OCH3 is 1. The van der Waals surface area contributed by atoms with E-state index < -0.39 is 0 Å². The summed E-state index contributed by atoms with van der Waals surface area (Å²) in [5.41, 5.74) is 0.475. The largest absolute Gasteiger partial charge is 0.382 e. The van der Waals surface area contributed by atoms with Crippen LogP contribution in [0.25, 0.3) is 0 Å². The molecular formula is C13H19BrFNO3. The Kier molecular flexibility index (Phi) is 8.73. The molecule has 0 unspecified atom stereocenters. The number of nitrogens with one attached hydrogen (secondary N) is 1. The highest BCUT2D eigenvalue weighted by atomic mass is 79.9. The minimum absolute atomic E-state index is 0.280. The third-order valence-electron chi connectivity index (χ3n) is 2.30. The first-order valence-corrected chi connectivity index (χ1v) is 6.86. The molecular weight excluding hydrogens is 317 g/mol. The van der Waals surface area contributed by atoms with E-state index in [-0.39, 0.29) is 5.82 Å². The van der Waals surface area contributed by atoms with Crippen LogP contribution in [0.15, 0.2) is 22.7 Å². The van der Waals surface area contributed by atoms with E-state index in [1.165, 1.54) is 6.07 Å². The smallest absolute Gasteiger partial charge is 0.147 e. The third-order valence-corrected chi connectivity index (χ3v) is 2.79. The predicted molar refractivity (Wildman–Crippen MR) is 76.1 cm³/mol. The Morgan fingerprint density at radius 3 is 2.47 bits per heavy atom. The average molecular weight is 336 g/mol. The molecule has 0 aliphatic rings. The summed E-state index contributed by atoms with van der Waals surface area (Å²) in [6.45, 7) is 3.27. The number of benzene rings is 1. The van der Waals surface area contributed by atoms with Crippen molar-refractivity contribution in [2.75, 3.05) is 52.0 Å². The van der Waals surface area contributed by atoms with Gasteiger partial charge in [-0.25, -0.2) is 4.39 Å². The number of hydrogen-bond donors (Lipinski definition) is 1. The molecule has 0 atom stereocenters. The van der Waals surface area contributed by atoms with Crippen LogP contribution < -0.4 is 5.32 Å². The lowest BCUT2D eigenvalue weighted by Gasteiger charge is -2.09. The zero-order valence-electron chi connectivity index (χ0n) is 11.0. The second-order valence-electron chi connectivity index (χ2n) is 3.77. The van der Waals surface area contributed by atoms with Crippen LogP contribution in [0.3, 0.4) is 0 Å². The van der Waals surface area contributed by atoms with Gasteiger partial charge in [0.15, 0.2) is 0 Å². The maximum Gasteiger partial charge on any atom is 0.147 e. The summed E-state index contributed by atoms with van der Waals surface area (Å²) in [6.07, 6.45) is 0. The van der Waals surface area contributed by atoms with Gasteiger partial charge in [0.05, 0.1) is 38.7 Å². The second-order valence-corrected chi connectivity index (χ2v) is 4.68. The molecule has 0 spiro atoms. The monoisotopic (exact) mass is 335 g/mol. The van der Waals surface area contributed by atoms with Gasteiger partial charge in [-0.2, -0.15) is 0 Å². The zero-order chi connectivity index (χ0) is 13.9. The fraction of sp³-hybridized carbons (Fsp3) is 0.538. The third kappa shape index (κ3) is 7.47. The lowest BCUT2D eigenvalue weighted by atomic mass is 10.3. The number of rotatable bonds is 10. The molecule has 0 fully saturated rings. The first kappa shape index (κ1) is 16.4. The molecule has 1 N–H and O–H groups in total. The van der Waals surface area contributed by atoms with Gasteiger partial charge in [0.1, 0.15) is 5.82 Å². The molecule has 0 heterocycles. The molecule has 0 amide bonds. The maximum atomic E-state index is 13.4. The fourth-order valence-corrected chi connectivity index (χ4v) is 1.69. The lowest BCUT2D eigenvalue weighted by molar-refractivity contribution is 0.0272. The van der Waals surface area contributed by atoms with Crippen molar-refractivity contribution in [3.63, 3.8) is 0 Å². The molecule has 19 heavy (non-hydrogen) atoms. The SMILES string of the molecule is COCCOCCOCCNc1ccc(Br)cc1F. The molecule has 1 rings (SSSR count).